The third-order valence-electron chi connectivity index (χ3n) is 3.31. The first-order valence-corrected chi connectivity index (χ1v) is 7.39. The molecular formula is C14H15N3OS. The maximum absolute atomic E-state index is 12.1. The quantitative estimate of drug-likeness (QED) is 0.935. The van der Waals surface area contributed by atoms with Crippen LogP contribution in [-0.4, -0.2) is 21.9 Å². The van der Waals surface area contributed by atoms with Gasteiger partial charge in [-0.05, 0) is 25.0 Å². The molecule has 0 bridgehead atoms. The summed E-state index contributed by atoms with van der Waals surface area (Å²) >= 11 is 1.45. The van der Waals surface area contributed by atoms with Gasteiger partial charge in [0.25, 0.3) is 5.91 Å². The molecule has 1 fully saturated rings. The van der Waals surface area contributed by atoms with E-state index in [1.54, 1.807) is 11.6 Å². The Hall–Kier alpha value is -1.75. The average Bonchev–Trinajstić information content (AvgIpc) is 3.10. The summed E-state index contributed by atoms with van der Waals surface area (Å²) in [7, 11) is 0. The lowest BCUT2D eigenvalue weighted by atomic mass is 10.2. The number of pyridine rings is 1. The highest BCUT2D eigenvalue weighted by Gasteiger charge is 2.19. The summed E-state index contributed by atoms with van der Waals surface area (Å²) in [5.41, 5.74) is 1.31. The van der Waals surface area contributed by atoms with Crippen molar-refractivity contribution in [2.24, 2.45) is 0 Å². The number of hydrogen-bond donors (Lipinski definition) is 1. The van der Waals surface area contributed by atoms with E-state index in [-0.39, 0.29) is 5.91 Å². The van der Waals surface area contributed by atoms with Gasteiger partial charge in [0.2, 0.25) is 0 Å². The molecule has 1 saturated carbocycles. The first kappa shape index (κ1) is 12.3. The summed E-state index contributed by atoms with van der Waals surface area (Å²) in [6, 6.07) is 6.01. The second-order valence-corrected chi connectivity index (χ2v) is 5.57. The Balaban J connectivity index is 1.72. The molecule has 4 nitrogen and oxygen atoms in total. The van der Waals surface area contributed by atoms with Crippen LogP contribution in [0.25, 0.3) is 10.7 Å². The molecule has 0 saturated heterocycles. The fourth-order valence-corrected chi connectivity index (χ4v) is 3.09. The Labute approximate surface area is 115 Å². The largest absolute Gasteiger partial charge is 0.348 e. The molecule has 1 N–H and O–H groups in total. The second-order valence-electron chi connectivity index (χ2n) is 4.71. The summed E-state index contributed by atoms with van der Waals surface area (Å²) < 4.78 is 0. The molecule has 2 aromatic rings. The minimum absolute atomic E-state index is 0.0645. The van der Waals surface area contributed by atoms with Crippen molar-refractivity contribution in [3.63, 3.8) is 0 Å². The smallest absolute Gasteiger partial charge is 0.270 e. The monoisotopic (exact) mass is 273 g/mol. The zero-order valence-electron chi connectivity index (χ0n) is 10.5. The molecule has 3 rings (SSSR count). The zero-order chi connectivity index (χ0) is 13.1. The summed E-state index contributed by atoms with van der Waals surface area (Å²) in [6.07, 6.45) is 6.32. The first-order chi connectivity index (χ1) is 9.33. The van der Waals surface area contributed by atoms with Gasteiger partial charge in [-0.3, -0.25) is 9.78 Å². The van der Waals surface area contributed by atoms with E-state index in [1.807, 2.05) is 18.2 Å². The molecule has 0 aromatic carbocycles. The normalized spacial score (nSPS) is 15.6. The minimum atomic E-state index is -0.0645. The Morgan fingerprint density at radius 2 is 2.16 bits per heavy atom. The lowest BCUT2D eigenvalue weighted by molar-refractivity contribution is 0.0933. The number of hydrogen-bond acceptors (Lipinski definition) is 4. The number of rotatable bonds is 3. The van der Waals surface area contributed by atoms with Crippen molar-refractivity contribution in [1.29, 1.82) is 0 Å². The maximum atomic E-state index is 12.1. The lowest BCUT2D eigenvalue weighted by Crippen LogP contribution is -2.32. The minimum Gasteiger partial charge on any atom is -0.348 e. The highest BCUT2D eigenvalue weighted by atomic mass is 32.1. The van der Waals surface area contributed by atoms with Crippen LogP contribution in [-0.2, 0) is 0 Å². The van der Waals surface area contributed by atoms with Crippen molar-refractivity contribution < 1.29 is 4.79 Å². The maximum Gasteiger partial charge on any atom is 0.270 e. The number of nitrogens with one attached hydrogen (secondary N) is 1. The third-order valence-corrected chi connectivity index (χ3v) is 4.18. The van der Waals surface area contributed by atoms with Crippen LogP contribution < -0.4 is 5.32 Å². The number of thiazole rings is 1. The van der Waals surface area contributed by atoms with Gasteiger partial charge in [0, 0.05) is 17.6 Å². The predicted octanol–water partition coefficient (Wildman–Crippen LogP) is 2.88. The molecular weight excluding hydrogens is 258 g/mol. The first-order valence-electron chi connectivity index (χ1n) is 6.51. The topological polar surface area (TPSA) is 54.9 Å². The molecule has 0 unspecified atom stereocenters. The lowest BCUT2D eigenvalue weighted by Gasteiger charge is -2.09. The van der Waals surface area contributed by atoms with E-state index in [2.05, 4.69) is 15.3 Å². The third kappa shape index (κ3) is 2.81. The van der Waals surface area contributed by atoms with Crippen LogP contribution in [0.2, 0.25) is 0 Å². The van der Waals surface area contributed by atoms with Crippen LogP contribution >= 0.6 is 11.3 Å². The molecule has 2 aromatic heterocycles. The van der Waals surface area contributed by atoms with Crippen LogP contribution in [0.15, 0.2) is 29.8 Å². The molecule has 1 aliphatic rings. The van der Waals surface area contributed by atoms with E-state index < -0.39 is 0 Å². The Bertz CT molecular complexity index is 561. The molecule has 0 atom stereocenters. The van der Waals surface area contributed by atoms with Crippen LogP contribution in [0.5, 0.6) is 0 Å². The molecule has 1 amide bonds. The Kier molecular flexibility index (Phi) is 3.55. The molecule has 19 heavy (non-hydrogen) atoms. The van der Waals surface area contributed by atoms with Gasteiger partial charge >= 0.3 is 0 Å². The number of amides is 1. The summed E-state index contributed by atoms with van der Waals surface area (Å²) in [4.78, 5) is 20.7. The summed E-state index contributed by atoms with van der Waals surface area (Å²) in [6.45, 7) is 0. The molecule has 98 valence electrons. The van der Waals surface area contributed by atoms with Crippen molar-refractivity contribution in [3.05, 3.63) is 35.5 Å². The van der Waals surface area contributed by atoms with Gasteiger partial charge in [0.1, 0.15) is 10.7 Å². The highest BCUT2D eigenvalue weighted by Crippen LogP contribution is 2.22. The molecule has 1 aliphatic carbocycles. The van der Waals surface area contributed by atoms with Crippen LogP contribution in [0.4, 0.5) is 0 Å². The fraction of sp³-hybridized carbons (Fsp3) is 0.357. The van der Waals surface area contributed by atoms with E-state index in [4.69, 9.17) is 0 Å². The average molecular weight is 273 g/mol. The van der Waals surface area contributed by atoms with E-state index in [0.717, 1.165) is 23.5 Å². The standard InChI is InChI=1S/C14H15N3OS/c18-13(16-10-5-1-2-6-10)12-9-19-14(17-12)11-7-3-4-8-15-11/h3-4,7-10H,1-2,5-6H2,(H,16,18). The molecule has 0 spiro atoms. The van der Waals surface area contributed by atoms with Gasteiger partial charge < -0.3 is 5.32 Å². The zero-order valence-corrected chi connectivity index (χ0v) is 11.3. The van der Waals surface area contributed by atoms with Crippen molar-refractivity contribution >= 4 is 17.2 Å². The predicted molar refractivity (Wildman–Crippen MR) is 75.1 cm³/mol. The number of aromatic nitrogens is 2. The van der Waals surface area contributed by atoms with Gasteiger partial charge in [-0.15, -0.1) is 11.3 Å². The van der Waals surface area contributed by atoms with E-state index in [0.29, 0.717) is 11.7 Å². The number of carbonyl (C=O) groups is 1. The van der Waals surface area contributed by atoms with Gasteiger partial charge in [-0.1, -0.05) is 18.9 Å². The summed E-state index contributed by atoms with van der Waals surface area (Å²) in [5, 5.41) is 5.63. The van der Waals surface area contributed by atoms with Gasteiger partial charge in [0.15, 0.2) is 0 Å². The second kappa shape index (κ2) is 5.48. The highest BCUT2D eigenvalue weighted by molar-refractivity contribution is 7.13. The van der Waals surface area contributed by atoms with Crippen molar-refractivity contribution in [2.45, 2.75) is 31.7 Å². The number of carbonyl (C=O) groups excluding carboxylic acids is 1. The Morgan fingerprint density at radius 3 is 2.89 bits per heavy atom. The molecule has 0 radical (unpaired) electrons. The van der Waals surface area contributed by atoms with Gasteiger partial charge in [-0.25, -0.2) is 4.98 Å². The molecule has 5 heteroatoms. The van der Waals surface area contributed by atoms with Crippen LogP contribution in [0.3, 0.4) is 0 Å². The van der Waals surface area contributed by atoms with Crippen molar-refractivity contribution in [2.75, 3.05) is 0 Å². The van der Waals surface area contributed by atoms with Gasteiger partial charge in [0.05, 0.1) is 5.69 Å². The SMILES string of the molecule is O=C(NC1CCCC1)c1csc(-c2ccccn2)n1. The van der Waals surface area contributed by atoms with Crippen LogP contribution in [0.1, 0.15) is 36.2 Å². The van der Waals surface area contributed by atoms with Crippen molar-refractivity contribution in [1.82, 2.24) is 15.3 Å². The molecule has 2 heterocycles. The van der Waals surface area contributed by atoms with E-state index >= 15 is 0 Å². The van der Waals surface area contributed by atoms with E-state index in [9.17, 15) is 4.79 Å². The van der Waals surface area contributed by atoms with Crippen molar-refractivity contribution in [3.8, 4) is 10.7 Å². The summed E-state index contributed by atoms with van der Waals surface area (Å²) in [5.74, 6) is -0.0645. The van der Waals surface area contributed by atoms with Crippen LogP contribution in [0, 0.1) is 0 Å². The van der Waals surface area contributed by atoms with E-state index in [1.165, 1.54) is 24.2 Å². The molecule has 0 aliphatic heterocycles. The fourth-order valence-electron chi connectivity index (χ4n) is 2.31. The van der Waals surface area contributed by atoms with Gasteiger partial charge in [-0.2, -0.15) is 0 Å². The number of nitrogens with zero attached hydrogens (tertiary/aromatic N) is 2. The Morgan fingerprint density at radius 1 is 1.32 bits per heavy atom.